The number of hydrogen-bond donors (Lipinski definition) is 2. The van der Waals surface area contributed by atoms with E-state index in [0.29, 0.717) is 50.4 Å². The number of aromatic nitrogens is 2. The monoisotopic (exact) mass is 463 g/mol. The van der Waals surface area contributed by atoms with Crippen LogP contribution in [0.3, 0.4) is 0 Å². The van der Waals surface area contributed by atoms with E-state index in [4.69, 9.17) is 19.2 Å². The highest BCUT2D eigenvalue weighted by atomic mass is 32.2. The minimum atomic E-state index is -3.68. The number of ether oxygens (including phenoxy) is 2. The van der Waals surface area contributed by atoms with Gasteiger partial charge in [-0.3, -0.25) is 4.55 Å². The first-order valence-electron chi connectivity index (χ1n) is 8.76. The second-order valence-electron chi connectivity index (χ2n) is 6.44. The first kappa shape index (κ1) is 24.0. The Labute approximate surface area is 175 Å². The molecule has 1 fully saturated rings. The van der Waals surface area contributed by atoms with Gasteiger partial charge >= 0.3 is 0 Å². The first-order chi connectivity index (χ1) is 13.9. The van der Waals surface area contributed by atoms with Gasteiger partial charge in [-0.1, -0.05) is 0 Å². The number of methoxy groups -OCH3 is 2. The molecule has 0 saturated carbocycles. The van der Waals surface area contributed by atoms with Gasteiger partial charge in [0.25, 0.3) is 20.3 Å². The molecule has 12 nitrogen and oxygen atoms in total. The Morgan fingerprint density at radius 3 is 2.17 bits per heavy atom. The van der Waals surface area contributed by atoms with Gasteiger partial charge in [-0.15, -0.1) is 0 Å². The molecule has 0 radical (unpaired) electrons. The third-order valence-corrected chi connectivity index (χ3v) is 5.32. The van der Waals surface area contributed by atoms with Gasteiger partial charge in [0.2, 0.25) is 0 Å². The normalized spacial score (nSPS) is 15.8. The molecule has 0 bridgehead atoms. The summed E-state index contributed by atoms with van der Waals surface area (Å²) in [6.45, 7) is 1.89. The Morgan fingerprint density at radius 1 is 1.00 bits per heavy atom. The van der Waals surface area contributed by atoms with E-state index in [-0.39, 0.29) is 0 Å². The van der Waals surface area contributed by atoms with Crippen LogP contribution in [0, 0.1) is 0 Å². The molecule has 1 aromatic heterocycles. The van der Waals surface area contributed by atoms with Gasteiger partial charge in [-0.2, -0.15) is 21.1 Å². The van der Waals surface area contributed by atoms with Crippen molar-refractivity contribution >= 4 is 37.0 Å². The topological polar surface area (TPSA) is 165 Å². The molecule has 0 unspecified atom stereocenters. The molecule has 0 atom stereocenters. The summed E-state index contributed by atoms with van der Waals surface area (Å²) in [5.74, 6) is 1.92. The third-order valence-electron chi connectivity index (χ3n) is 4.23. The predicted molar refractivity (Wildman–Crippen MR) is 112 cm³/mol. The summed E-state index contributed by atoms with van der Waals surface area (Å²) in [5.41, 5.74) is 0.732. The Bertz CT molecular complexity index is 1080. The maximum Gasteiger partial charge on any atom is 0.276 e. The lowest BCUT2D eigenvalue weighted by Gasteiger charge is -2.23. The third kappa shape index (κ3) is 6.63. The maximum atomic E-state index is 11.6. The molecule has 168 valence electrons. The highest BCUT2D eigenvalue weighted by molar-refractivity contribution is 7.86. The Kier molecular flexibility index (Phi) is 7.76. The molecular formula is C16H25N5O7S2. The standard InChI is InChI=1S/C15H21N5O4S.CH4O3S/c1-23-13-8-11-12(9-14(13)24-2)17-10-18-15(11)19-4-3-5-20(7-6-19)25(16,21)22;1-5(2,3)4/h8-10H,3-7H2,1-2H3,(H2,16,21,22);1H3,(H,2,3,4). The minimum Gasteiger partial charge on any atom is -0.493 e. The molecular weight excluding hydrogens is 438 g/mol. The molecule has 1 aliphatic heterocycles. The molecule has 0 aliphatic carbocycles. The Morgan fingerprint density at radius 2 is 1.60 bits per heavy atom. The number of hydrogen-bond acceptors (Lipinski definition) is 9. The zero-order valence-corrected chi connectivity index (χ0v) is 18.5. The number of nitrogens with zero attached hydrogens (tertiary/aromatic N) is 4. The van der Waals surface area contributed by atoms with E-state index in [9.17, 15) is 16.8 Å². The lowest BCUT2D eigenvalue weighted by Crippen LogP contribution is -2.39. The van der Waals surface area contributed by atoms with E-state index in [1.807, 2.05) is 11.0 Å². The first-order valence-corrected chi connectivity index (χ1v) is 12.1. The van der Waals surface area contributed by atoms with Crippen molar-refractivity contribution in [1.29, 1.82) is 0 Å². The summed E-state index contributed by atoms with van der Waals surface area (Å²) in [7, 11) is -4.20. The molecule has 3 rings (SSSR count). The van der Waals surface area contributed by atoms with E-state index >= 15 is 0 Å². The smallest absolute Gasteiger partial charge is 0.276 e. The maximum absolute atomic E-state index is 11.6. The van der Waals surface area contributed by atoms with Crippen molar-refractivity contribution in [3.63, 3.8) is 0 Å². The second kappa shape index (κ2) is 9.70. The molecule has 1 aromatic carbocycles. The summed E-state index contributed by atoms with van der Waals surface area (Å²) in [4.78, 5) is 10.8. The number of anilines is 1. The van der Waals surface area contributed by atoms with Gasteiger partial charge in [-0.05, 0) is 12.5 Å². The fourth-order valence-electron chi connectivity index (χ4n) is 2.98. The fraction of sp³-hybridized carbons (Fsp3) is 0.500. The zero-order chi connectivity index (χ0) is 22.5. The van der Waals surface area contributed by atoms with Crippen LogP contribution in [0.15, 0.2) is 18.5 Å². The van der Waals surface area contributed by atoms with Crippen molar-refractivity contribution in [3.05, 3.63) is 18.5 Å². The number of fused-ring (bicyclic) bond motifs is 1. The van der Waals surface area contributed by atoms with Crippen LogP contribution < -0.4 is 19.5 Å². The Hall–Kier alpha value is -2.26. The van der Waals surface area contributed by atoms with Crippen LogP contribution in [-0.4, -0.2) is 82.3 Å². The van der Waals surface area contributed by atoms with Gasteiger partial charge in [-0.25, -0.2) is 15.1 Å². The molecule has 30 heavy (non-hydrogen) atoms. The molecule has 0 spiro atoms. The van der Waals surface area contributed by atoms with Crippen LogP contribution in [0.2, 0.25) is 0 Å². The van der Waals surface area contributed by atoms with E-state index in [2.05, 4.69) is 9.97 Å². The van der Waals surface area contributed by atoms with Gasteiger partial charge in [0, 0.05) is 37.6 Å². The zero-order valence-electron chi connectivity index (χ0n) is 16.8. The predicted octanol–water partition coefficient (Wildman–Crippen LogP) is -0.133. The highest BCUT2D eigenvalue weighted by Gasteiger charge is 2.24. The minimum absolute atomic E-state index is 0.317. The van der Waals surface area contributed by atoms with Crippen LogP contribution in [0.1, 0.15) is 6.42 Å². The summed E-state index contributed by atoms with van der Waals surface area (Å²) in [6.07, 6.45) is 2.87. The van der Waals surface area contributed by atoms with Crippen LogP contribution >= 0.6 is 0 Å². The second-order valence-corrected chi connectivity index (χ2v) is 9.45. The SMILES string of the molecule is COc1cc2ncnc(N3CCCN(S(N)(=O)=O)CC3)c2cc1OC.CS(=O)(=O)O. The van der Waals surface area contributed by atoms with Gasteiger partial charge in [0.05, 0.1) is 26.0 Å². The van der Waals surface area contributed by atoms with E-state index in [1.54, 1.807) is 20.3 Å². The average molecular weight is 464 g/mol. The van der Waals surface area contributed by atoms with Gasteiger partial charge in [0.1, 0.15) is 12.1 Å². The lowest BCUT2D eigenvalue weighted by atomic mass is 10.2. The summed E-state index contributed by atoms with van der Waals surface area (Å²) >= 11 is 0. The highest BCUT2D eigenvalue weighted by Crippen LogP contribution is 2.34. The van der Waals surface area contributed by atoms with Crippen molar-refractivity contribution < 1.29 is 30.9 Å². The van der Waals surface area contributed by atoms with Crippen LogP contribution in [0.25, 0.3) is 10.9 Å². The van der Waals surface area contributed by atoms with Crippen LogP contribution in [0.4, 0.5) is 5.82 Å². The summed E-state index contributed by atoms with van der Waals surface area (Å²) < 4.78 is 61.0. The van der Waals surface area contributed by atoms with Gasteiger partial charge in [0.15, 0.2) is 11.5 Å². The summed E-state index contributed by atoms with van der Waals surface area (Å²) in [5, 5.41) is 6.07. The molecule has 2 aromatic rings. The molecule has 14 heteroatoms. The largest absolute Gasteiger partial charge is 0.493 e. The van der Waals surface area contributed by atoms with Crippen molar-refractivity contribution in [2.75, 3.05) is 51.6 Å². The van der Waals surface area contributed by atoms with E-state index < -0.39 is 20.3 Å². The van der Waals surface area contributed by atoms with Crippen LogP contribution in [-0.2, 0) is 20.3 Å². The molecule has 1 aliphatic rings. The summed E-state index contributed by atoms with van der Waals surface area (Å²) in [6, 6.07) is 3.64. The van der Waals surface area contributed by atoms with Crippen molar-refractivity contribution in [2.45, 2.75) is 6.42 Å². The lowest BCUT2D eigenvalue weighted by molar-refractivity contribution is 0.356. The van der Waals surface area contributed by atoms with Gasteiger partial charge < -0.3 is 14.4 Å². The number of nitrogens with two attached hydrogens (primary N) is 1. The number of benzene rings is 1. The molecule has 3 N–H and O–H groups in total. The van der Waals surface area contributed by atoms with E-state index in [0.717, 1.165) is 16.7 Å². The molecule has 0 amide bonds. The average Bonchev–Trinajstić information content (AvgIpc) is 2.91. The van der Waals surface area contributed by atoms with Crippen molar-refractivity contribution in [2.24, 2.45) is 5.14 Å². The molecule has 2 heterocycles. The van der Waals surface area contributed by atoms with Crippen molar-refractivity contribution in [3.8, 4) is 11.5 Å². The van der Waals surface area contributed by atoms with Crippen LogP contribution in [0.5, 0.6) is 11.5 Å². The quantitative estimate of drug-likeness (QED) is 0.583. The van der Waals surface area contributed by atoms with Crippen molar-refractivity contribution in [1.82, 2.24) is 14.3 Å². The number of rotatable bonds is 4. The van der Waals surface area contributed by atoms with E-state index in [1.165, 1.54) is 10.6 Å². The fourth-order valence-corrected chi connectivity index (χ4v) is 3.70. The Balaban J connectivity index is 0.000000575. The molecule has 1 saturated heterocycles.